The van der Waals surface area contributed by atoms with Gasteiger partial charge in [0, 0.05) is 0 Å². The number of aliphatic hydroxyl groups excluding tert-OH is 1. The predicted molar refractivity (Wildman–Crippen MR) is 83.9 cm³/mol. The second kappa shape index (κ2) is 7.72. The third kappa shape index (κ3) is 4.81. The minimum Gasteiger partial charge on any atom is -0.385 e. The second-order valence-corrected chi connectivity index (χ2v) is 5.24. The Balaban J connectivity index is 1.84. The molecule has 0 spiro atoms. The number of nitrogens with two attached hydrogens (primary N) is 1. The SMILES string of the molecule is NC(Cc1ccccc1)C(=O)C(O)CCc1ccccc1. The highest BCUT2D eigenvalue weighted by Crippen LogP contribution is 2.09. The molecule has 0 radical (unpaired) electrons. The summed E-state index contributed by atoms with van der Waals surface area (Å²) in [6.45, 7) is 0. The third-order valence-corrected chi connectivity index (χ3v) is 3.54. The van der Waals surface area contributed by atoms with Crippen molar-refractivity contribution in [2.45, 2.75) is 31.4 Å². The number of benzene rings is 2. The van der Waals surface area contributed by atoms with Crippen LogP contribution in [0.3, 0.4) is 0 Å². The van der Waals surface area contributed by atoms with Crippen LogP contribution in [-0.2, 0) is 17.6 Å². The van der Waals surface area contributed by atoms with E-state index in [1.807, 2.05) is 60.7 Å². The molecule has 2 aromatic carbocycles. The molecule has 0 saturated carbocycles. The van der Waals surface area contributed by atoms with Gasteiger partial charge in [-0.25, -0.2) is 0 Å². The van der Waals surface area contributed by atoms with Crippen LogP contribution in [-0.4, -0.2) is 23.0 Å². The minimum absolute atomic E-state index is 0.283. The molecule has 0 fully saturated rings. The van der Waals surface area contributed by atoms with Crippen molar-refractivity contribution in [2.75, 3.05) is 0 Å². The van der Waals surface area contributed by atoms with Gasteiger partial charge in [0.2, 0.25) is 0 Å². The summed E-state index contributed by atoms with van der Waals surface area (Å²) in [5.74, 6) is -0.283. The number of aliphatic hydroxyl groups is 1. The molecular formula is C18H21NO2. The fourth-order valence-electron chi connectivity index (χ4n) is 2.31. The Morgan fingerprint density at radius 1 is 0.952 bits per heavy atom. The lowest BCUT2D eigenvalue weighted by atomic mass is 9.96. The summed E-state index contributed by atoms with van der Waals surface area (Å²) >= 11 is 0. The van der Waals surface area contributed by atoms with E-state index >= 15 is 0 Å². The maximum absolute atomic E-state index is 12.1. The summed E-state index contributed by atoms with van der Waals surface area (Å²) < 4.78 is 0. The lowest BCUT2D eigenvalue weighted by Crippen LogP contribution is -2.40. The van der Waals surface area contributed by atoms with Crippen molar-refractivity contribution in [3.63, 3.8) is 0 Å². The number of Topliss-reactive ketones (excluding diaryl/α,β-unsaturated/α-hetero) is 1. The standard InChI is InChI=1S/C18H21NO2/c19-16(13-15-9-5-2-6-10-15)18(21)17(20)12-11-14-7-3-1-4-8-14/h1-10,16-17,20H,11-13,19H2. The van der Waals surface area contributed by atoms with E-state index in [-0.39, 0.29) is 5.78 Å². The van der Waals surface area contributed by atoms with E-state index < -0.39 is 12.1 Å². The number of ketones is 1. The molecule has 0 heterocycles. The van der Waals surface area contributed by atoms with Gasteiger partial charge in [0.05, 0.1) is 6.04 Å². The quantitative estimate of drug-likeness (QED) is 0.818. The highest BCUT2D eigenvalue weighted by molar-refractivity contribution is 5.88. The summed E-state index contributed by atoms with van der Waals surface area (Å²) in [6, 6.07) is 18.8. The van der Waals surface area contributed by atoms with Crippen molar-refractivity contribution in [1.29, 1.82) is 0 Å². The number of carbonyl (C=O) groups is 1. The molecule has 0 aliphatic heterocycles. The van der Waals surface area contributed by atoms with Gasteiger partial charge in [-0.1, -0.05) is 60.7 Å². The zero-order valence-corrected chi connectivity index (χ0v) is 12.0. The summed E-state index contributed by atoms with van der Waals surface area (Å²) in [4.78, 5) is 12.1. The van der Waals surface area contributed by atoms with Crippen LogP contribution in [0.25, 0.3) is 0 Å². The Kier molecular flexibility index (Phi) is 5.67. The number of rotatable bonds is 7. The molecule has 3 heteroatoms. The molecule has 0 aromatic heterocycles. The first-order chi connectivity index (χ1) is 10.2. The second-order valence-electron chi connectivity index (χ2n) is 5.24. The molecule has 2 atom stereocenters. The lowest BCUT2D eigenvalue weighted by molar-refractivity contribution is -0.128. The zero-order chi connectivity index (χ0) is 15.1. The Morgan fingerprint density at radius 2 is 1.48 bits per heavy atom. The van der Waals surface area contributed by atoms with E-state index in [0.29, 0.717) is 19.3 Å². The van der Waals surface area contributed by atoms with E-state index in [1.165, 1.54) is 0 Å². The molecule has 0 aliphatic carbocycles. The van der Waals surface area contributed by atoms with Gasteiger partial charge in [0.25, 0.3) is 0 Å². The summed E-state index contributed by atoms with van der Waals surface area (Å²) in [5.41, 5.74) is 8.03. The number of aryl methyl sites for hydroxylation is 1. The number of hydrogen-bond donors (Lipinski definition) is 2. The summed E-state index contributed by atoms with van der Waals surface area (Å²) in [6.07, 6.45) is 0.545. The Bertz CT molecular complexity index is 554. The first-order valence-corrected chi connectivity index (χ1v) is 7.22. The van der Waals surface area contributed by atoms with Crippen LogP contribution in [0.2, 0.25) is 0 Å². The first-order valence-electron chi connectivity index (χ1n) is 7.22. The van der Waals surface area contributed by atoms with Crippen molar-refractivity contribution >= 4 is 5.78 Å². The van der Waals surface area contributed by atoms with Crippen molar-refractivity contribution < 1.29 is 9.90 Å². The molecule has 2 rings (SSSR count). The van der Waals surface area contributed by atoms with Crippen LogP contribution >= 0.6 is 0 Å². The Labute approximate surface area is 125 Å². The maximum atomic E-state index is 12.1. The van der Waals surface area contributed by atoms with Gasteiger partial charge in [0.15, 0.2) is 5.78 Å². The molecule has 110 valence electrons. The van der Waals surface area contributed by atoms with Gasteiger partial charge in [-0.15, -0.1) is 0 Å². The third-order valence-electron chi connectivity index (χ3n) is 3.54. The average molecular weight is 283 g/mol. The Hall–Kier alpha value is -1.97. The van der Waals surface area contributed by atoms with Gasteiger partial charge >= 0.3 is 0 Å². The van der Waals surface area contributed by atoms with Crippen molar-refractivity contribution in [2.24, 2.45) is 5.73 Å². The molecule has 2 unspecified atom stereocenters. The molecule has 21 heavy (non-hydrogen) atoms. The molecule has 0 aliphatic rings. The van der Waals surface area contributed by atoms with E-state index in [4.69, 9.17) is 5.73 Å². The first kappa shape index (κ1) is 15.4. The number of hydrogen-bond acceptors (Lipinski definition) is 3. The van der Waals surface area contributed by atoms with E-state index in [2.05, 4.69) is 0 Å². The van der Waals surface area contributed by atoms with E-state index in [1.54, 1.807) is 0 Å². The maximum Gasteiger partial charge on any atom is 0.178 e. The summed E-state index contributed by atoms with van der Waals surface area (Å²) in [7, 11) is 0. The van der Waals surface area contributed by atoms with Crippen LogP contribution in [0.1, 0.15) is 17.5 Å². The Morgan fingerprint density at radius 3 is 2.05 bits per heavy atom. The van der Waals surface area contributed by atoms with Crippen LogP contribution in [0.5, 0.6) is 0 Å². The van der Waals surface area contributed by atoms with Gasteiger partial charge in [-0.05, 0) is 30.4 Å². The molecule has 2 aromatic rings. The fraction of sp³-hybridized carbons (Fsp3) is 0.278. The molecule has 3 nitrogen and oxygen atoms in total. The van der Waals surface area contributed by atoms with Gasteiger partial charge in [-0.2, -0.15) is 0 Å². The van der Waals surface area contributed by atoms with Gasteiger partial charge in [-0.3, -0.25) is 4.79 Å². The molecular weight excluding hydrogens is 262 g/mol. The van der Waals surface area contributed by atoms with Crippen molar-refractivity contribution in [3.8, 4) is 0 Å². The number of carbonyl (C=O) groups excluding carboxylic acids is 1. The average Bonchev–Trinajstić information content (AvgIpc) is 2.53. The smallest absolute Gasteiger partial charge is 0.178 e. The molecule has 0 amide bonds. The predicted octanol–water partition coefficient (Wildman–Crippen LogP) is 2.12. The van der Waals surface area contributed by atoms with Crippen LogP contribution in [0, 0.1) is 0 Å². The van der Waals surface area contributed by atoms with Gasteiger partial charge < -0.3 is 10.8 Å². The molecule has 3 N–H and O–H groups in total. The fourth-order valence-corrected chi connectivity index (χ4v) is 2.31. The normalized spacial score (nSPS) is 13.6. The van der Waals surface area contributed by atoms with Crippen molar-refractivity contribution in [3.05, 3.63) is 71.8 Å². The van der Waals surface area contributed by atoms with E-state index in [9.17, 15) is 9.90 Å². The van der Waals surface area contributed by atoms with Crippen LogP contribution in [0.4, 0.5) is 0 Å². The highest BCUT2D eigenvalue weighted by atomic mass is 16.3. The highest BCUT2D eigenvalue weighted by Gasteiger charge is 2.22. The zero-order valence-electron chi connectivity index (χ0n) is 12.0. The monoisotopic (exact) mass is 283 g/mol. The lowest BCUT2D eigenvalue weighted by Gasteiger charge is -2.15. The van der Waals surface area contributed by atoms with E-state index in [0.717, 1.165) is 11.1 Å². The molecule has 0 saturated heterocycles. The van der Waals surface area contributed by atoms with Crippen LogP contribution < -0.4 is 5.73 Å². The summed E-state index contributed by atoms with van der Waals surface area (Å²) in [5, 5.41) is 10.00. The largest absolute Gasteiger partial charge is 0.385 e. The topological polar surface area (TPSA) is 63.3 Å². The van der Waals surface area contributed by atoms with Crippen LogP contribution in [0.15, 0.2) is 60.7 Å². The minimum atomic E-state index is -0.996. The van der Waals surface area contributed by atoms with Crippen molar-refractivity contribution in [1.82, 2.24) is 0 Å². The molecule has 0 bridgehead atoms. The van der Waals surface area contributed by atoms with Gasteiger partial charge in [0.1, 0.15) is 6.10 Å².